The number of nitrogens with zero attached hydrogens (tertiary/aromatic N) is 7. The van der Waals surface area contributed by atoms with E-state index in [1.54, 1.807) is 4.68 Å². The Balaban J connectivity index is 1.54. The zero-order valence-electron chi connectivity index (χ0n) is 18.1. The molecule has 0 radical (unpaired) electrons. The van der Waals surface area contributed by atoms with E-state index in [1.165, 1.54) is 14.7 Å². The van der Waals surface area contributed by atoms with E-state index in [0.29, 0.717) is 31.6 Å². The Bertz CT molecular complexity index is 1350. The maximum Gasteiger partial charge on any atom is 0.332 e. The first-order valence-corrected chi connectivity index (χ1v) is 11.0. The highest BCUT2D eigenvalue weighted by atomic mass is 35.5. The van der Waals surface area contributed by atoms with E-state index in [-0.39, 0.29) is 23.0 Å². The van der Waals surface area contributed by atoms with Gasteiger partial charge >= 0.3 is 5.69 Å². The van der Waals surface area contributed by atoms with Crippen molar-refractivity contribution >= 4 is 22.8 Å². The van der Waals surface area contributed by atoms with E-state index in [0.717, 1.165) is 24.2 Å². The average Bonchev–Trinajstić information content (AvgIpc) is 3.37. The van der Waals surface area contributed by atoms with Crippen LogP contribution in [0.15, 0.2) is 33.9 Å². The van der Waals surface area contributed by atoms with Gasteiger partial charge in [0.05, 0.1) is 0 Å². The van der Waals surface area contributed by atoms with Gasteiger partial charge in [0, 0.05) is 26.1 Å². The van der Waals surface area contributed by atoms with E-state index in [2.05, 4.69) is 31.6 Å². The Labute approximate surface area is 188 Å². The molecule has 0 spiro atoms. The van der Waals surface area contributed by atoms with Gasteiger partial charge in [-0.05, 0) is 47.4 Å². The number of aromatic amines is 1. The summed E-state index contributed by atoms with van der Waals surface area (Å²) in [5.74, 6) is 0.735. The molecule has 0 aliphatic rings. The molecule has 168 valence electrons. The smallest absolute Gasteiger partial charge is 0.323 e. The molecule has 4 rings (SSSR count). The Morgan fingerprint density at radius 2 is 1.91 bits per heavy atom. The fraction of sp³-hybridized carbons (Fsp3) is 0.429. The van der Waals surface area contributed by atoms with Crippen LogP contribution in [0.3, 0.4) is 0 Å². The molecule has 0 saturated heterocycles. The molecule has 0 saturated carbocycles. The highest BCUT2D eigenvalue weighted by Crippen LogP contribution is 2.11. The minimum absolute atomic E-state index is 0.0916. The van der Waals surface area contributed by atoms with E-state index in [4.69, 9.17) is 11.6 Å². The summed E-state index contributed by atoms with van der Waals surface area (Å²) in [5, 5.41) is 12.1. The summed E-state index contributed by atoms with van der Waals surface area (Å²) in [6.45, 7) is 5.27. The third-order valence-corrected chi connectivity index (χ3v) is 5.55. The van der Waals surface area contributed by atoms with Crippen molar-refractivity contribution in [3.05, 3.63) is 67.3 Å². The summed E-state index contributed by atoms with van der Waals surface area (Å²) in [6.07, 6.45) is 2.83. The molecule has 0 amide bonds. The van der Waals surface area contributed by atoms with Crippen molar-refractivity contribution in [2.24, 2.45) is 0 Å². The first kappa shape index (κ1) is 21.9. The van der Waals surface area contributed by atoms with Crippen molar-refractivity contribution in [2.45, 2.75) is 59.2 Å². The van der Waals surface area contributed by atoms with Crippen molar-refractivity contribution in [1.82, 2.24) is 39.3 Å². The molecule has 0 unspecified atom stereocenters. The molecule has 32 heavy (non-hydrogen) atoms. The number of unbranched alkanes of at least 4 members (excludes halogenated alkanes) is 1. The van der Waals surface area contributed by atoms with Gasteiger partial charge in [-0.3, -0.25) is 13.9 Å². The van der Waals surface area contributed by atoms with Gasteiger partial charge in [-0.15, -0.1) is 5.10 Å². The standard InChI is InChI=1S/C21H25ClN8O2/c1-3-4-9-28-18-17(23-20(22)24-18)19(31)29(21(28)32)10-6-11-30-16(25-26-27-30)13-15-8-5-7-14(2)12-15/h5,7-8,12H,3-4,6,9-11,13H2,1-2H3,(H,23,24). The summed E-state index contributed by atoms with van der Waals surface area (Å²) in [7, 11) is 0. The molecule has 4 aromatic rings. The van der Waals surface area contributed by atoms with Crippen LogP contribution in [0.5, 0.6) is 0 Å². The van der Waals surface area contributed by atoms with Crippen LogP contribution in [0.25, 0.3) is 11.2 Å². The van der Waals surface area contributed by atoms with Crippen LogP contribution >= 0.6 is 11.6 Å². The molecule has 0 aliphatic heterocycles. The molecular weight excluding hydrogens is 432 g/mol. The minimum Gasteiger partial charge on any atom is -0.323 e. The molecule has 0 aliphatic carbocycles. The van der Waals surface area contributed by atoms with Gasteiger partial charge in [-0.25, -0.2) is 9.48 Å². The quantitative estimate of drug-likeness (QED) is 0.386. The highest BCUT2D eigenvalue weighted by Gasteiger charge is 2.17. The van der Waals surface area contributed by atoms with Crippen molar-refractivity contribution in [3.63, 3.8) is 0 Å². The molecule has 1 aromatic carbocycles. The number of H-pyrrole nitrogens is 1. The number of aromatic nitrogens is 8. The molecular formula is C21H25ClN8O2. The van der Waals surface area contributed by atoms with Crippen LogP contribution in [0.4, 0.5) is 0 Å². The van der Waals surface area contributed by atoms with Gasteiger partial charge < -0.3 is 4.98 Å². The summed E-state index contributed by atoms with van der Waals surface area (Å²) in [4.78, 5) is 32.8. The number of hydrogen-bond donors (Lipinski definition) is 1. The number of halogens is 1. The molecule has 0 fully saturated rings. The molecule has 10 nitrogen and oxygen atoms in total. The number of hydrogen-bond acceptors (Lipinski definition) is 6. The molecule has 3 aromatic heterocycles. The lowest BCUT2D eigenvalue weighted by Crippen LogP contribution is -2.40. The zero-order chi connectivity index (χ0) is 22.7. The van der Waals surface area contributed by atoms with Crippen molar-refractivity contribution in [1.29, 1.82) is 0 Å². The number of benzene rings is 1. The lowest BCUT2D eigenvalue weighted by molar-refractivity contribution is 0.475. The van der Waals surface area contributed by atoms with Crippen molar-refractivity contribution in [3.8, 4) is 0 Å². The van der Waals surface area contributed by atoms with Gasteiger partial charge in [0.15, 0.2) is 17.0 Å². The second kappa shape index (κ2) is 9.47. The Kier molecular flexibility index (Phi) is 6.50. The molecule has 1 N–H and O–H groups in total. The van der Waals surface area contributed by atoms with Gasteiger partial charge in [0.25, 0.3) is 5.56 Å². The Hall–Kier alpha value is -3.27. The number of fused-ring (bicyclic) bond motifs is 1. The maximum absolute atomic E-state index is 13.0. The SMILES string of the molecule is CCCCn1c(=O)n(CCCn2nnnc2Cc2cccc(C)c2)c(=O)c2[nH]c(Cl)nc21. The molecule has 0 bridgehead atoms. The number of rotatable bonds is 9. The zero-order valence-corrected chi connectivity index (χ0v) is 18.8. The third kappa shape index (κ3) is 4.50. The summed E-state index contributed by atoms with van der Waals surface area (Å²) < 4.78 is 4.47. The Morgan fingerprint density at radius 1 is 1.09 bits per heavy atom. The topological polar surface area (TPSA) is 116 Å². The fourth-order valence-corrected chi connectivity index (χ4v) is 3.93. The number of tetrazole rings is 1. The van der Waals surface area contributed by atoms with E-state index < -0.39 is 5.56 Å². The monoisotopic (exact) mass is 456 g/mol. The Morgan fingerprint density at radius 3 is 2.69 bits per heavy atom. The maximum atomic E-state index is 13.0. The van der Waals surface area contributed by atoms with Crippen LogP contribution in [-0.2, 0) is 26.1 Å². The van der Waals surface area contributed by atoms with Crippen molar-refractivity contribution in [2.75, 3.05) is 0 Å². The van der Waals surface area contributed by atoms with E-state index in [9.17, 15) is 9.59 Å². The first-order valence-electron chi connectivity index (χ1n) is 10.7. The highest BCUT2D eigenvalue weighted by molar-refractivity contribution is 6.28. The number of imidazole rings is 1. The lowest BCUT2D eigenvalue weighted by atomic mass is 10.1. The normalized spacial score (nSPS) is 11.5. The van der Waals surface area contributed by atoms with Crippen LogP contribution < -0.4 is 11.2 Å². The summed E-state index contributed by atoms with van der Waals surface area (Å²) >= 11 is 5.98. The first-order chi connectivity index (χ1) is 15.5. The van der Waals surface area contributed by atoms with Gasteiger partial charge in [-0.2, -0.15) is 4.98 Å². The molecule has 0 atom stereocenters. The second-order valence-corrected chi connectivity index (χ2v) is 8.17. The predicted octanol–water partition coefficient (Wildman–Crippen LogP) is 2.32. The van der Waals surface area contributed by atoms with Crippen LogP contribution in [0.1, 0.15) is 43.1 Å². The van der Waals surface area contributed by atoms with Crippen molar-refractivity contribution < 1.29 is 0 Å². The fourth-order valence-electron chi connectivity index (χ4n) is 3.76. The lowest BCUT2D eigenvalue weighted by Gasteiger charge is -2.11. The summed E-state index contributed by atoms with van der Waals surface area (Å²) in [5.41, 5.74) is 2.04. The third-order valence-electron chi connectivity index (χ3n) is 5.37. The van der Waals surface area contributed by atoms with Crippen LogP contribution in [0.2, 0.25) is 5.28 Å². The minimum atomic E-state index is -0.422. The van der Waals surface area contributed by atoms with Gasteiger partial charge in [0.1, 0.15) is 0 Å². The number of nitrogens with one attached hydrogen (secondary N) is 1. The average molecular weight is 457 g/mol. The van der Waals surface area contributed by atoms with Gasteiger partial charge in [0.2, 0.25) is 5.28 Å². The van der Waals surface area contributed by atoms with E-state index >= 15 is 0 Å². The second-order valence-electron chi connectivity index (χ2n) is 7.81. The van der Waals surface area contributed by atoms with E-state index in [1.807, 2.05) is 32.0 Å². The predicted molar refractivity (Wildman–Crippen MR) is 121 cm³/mol. The summed E-state index contributed by atoms with van der Waals surface area (Å²) in [6, 6.07) is 8.19. The van der Waals surface area contributed by atoms with Gasteiger partial charge in [-0.1, -0.05) is 43.2 Å². The largest absolute Gasteiger partial charge is 0.332 e. The molecule has 3 heterocycles. The number of aryl methyl sites for hydroxylation is 3. The molecule has 11 heteroatoms. The van der Waals surface area contributed by atoms with Crippen LogP contribution in [-0.4, -0.2) is 39.3 Å². The van der Waals surface area contributed by atoms with Crippen LogP contribution in [0, 0.1) is 6.92 Å².